The molecule has 0 bridgehead atoms. The molecule has 0 heterocycles. The van der Waals surface area contributed by atoms with E-state index in [0.29, 0.717) is 0 Å². The maximum atomic E-state index is 3.93. The summed E-state index contributed by atoms with van der Waals surface area (Å²) in [5.41, 5.74) is 3.16. The molecule has 0 atom stereocenters. The monoisotopic (exact) mass is 222 g/mol. The summed E-state index contributed by atoms with van der Waals surface area (Å²) in [5.74, 6) is 0. The molecule has 1 aromatic carbocycles. The Bertz CT molecular complexity index is 353. The Morgan fingerprint density at radius 2 is 2.14 bits per heavy atom. The number of benzene rings is 1. The van der Waals surface area contributed by atoms with Gasteiger partial charge in [-0.25, -0.2) is 0 Å². The normalized spacial score (nSPS) is 10.2. The molecule has 1 rings (SSSR count). The van der Waals surface area contributed by atoms with E-state index in [-0.39, 0.29) is 18.6 Å². The van der Waals surface area contributed by atoms with Gasteiger partial charge in [-0.2, -0.15) is 0 Å². The van der Waals surface area contributed by atoms with Gasteiger partial charge in [0.1, 0.15) is 0 Å². The second-order valence-electron chi connectivity index (χ2n) is 2.82. The number of rotatable bonds is 3. The van der Waals surface area contributed by atoms with Crippen molar-refractivity contribution in [2.24, 2.45) is 4.99 Å². The van der Waals surface area contributed by atoms with Crippen LogP contribution in [0.25, 0.3) is 5.70 Å². The fourth-order valence-electron chi connectivity index (χ4n) is 1.16. The second-order valence-corrected chi connectivity index (χ2v) is 2.82. The maximum absolute atomic E-state index is 3.93. The van der Waals surface area contributed by atoms with Crippen molar-refractivity contribution in [1.29, 1.82) is 0 Å². The fraction of sp³-hybridized carbons (Fsp3) is 0.0833. The van der Waals surface area contributed by atoms with Gasteiger partial charge in [0.2, 0.25) is 0 Å². The zero-order valence-electron chi connectivity index (χ0n) is 8.27. The first kappa shape index (κ1) is 13.0. The standard InChI is InChI=1S/C12H13N.V/c1-4-6-12(13-3)11-8-5-7-10(2)9-11;/h4-9H,1,3H2,2H3;/b12-6-;. The third-order valence-corrected chi connectivity index (χ3v) is 1.76. The molecule has 0 aromatic heterocycles. The molecule has 1 nitrogen and oxygen atoms in total. The topological polar surface area (TPSA) is 12.4 Å². The third-order valence-electron chi connectivity index (χ3n) is 1.76. The van der Waals surface area contributed by atoms with Crippen LogP contribution < -0.4 is 0 Å². The first-order chi connectivity index (χ1) is 6.27. The quantitative estimate of drug-likeness (QED) is 0.550. The first-order valence-electron chi connectivity index (χ1n) is 4.14. The number of allylic oxidation sites excluding steroid dienone is 2. The Labute approximate surface area is 97.1 Å². The minimum atomic E-state index is 0. The summed E-state index contributed by atoms with van der Waals surface area (Å²) < 4.78 is 0. The van der Waals surface area contributed by atoms with Gasteiger partial charge in [0.25, 0.3) is 0 Å². The van der Waals surface area contributed by atoms with Crippen molar-refractivity contribution in [2.45, 2.75) is 6.92 Å². The molecule has 2 heteroatoms. The van der Waals surface area contributed by atoms with Gasteiger partial charge >= 0.3 is 0 Å². The fourth-order valence-corrected chi connectivity index (χ4v) is 1.16. The van der Waals surface area contributed by atoms with Crippen molar-refractivity contribution in [3.63, 3.8) is 0 Å². The van der Waals surface area contributed by atoms with E-state index < -0.39 is 0 Å². The predicted octanol–water partition coefficient (Wildman–Crippen LogP) is 3.22. The number of aliphatic imine (C=N–C) groups is 1. The average Bonchev–Trinajstić information content (AvgIpc) is 2.14. The summed E-state index contributed by atoms with van der Waals surface area (Å²) >= 11 is 0. The Morgan fingerprint density at radius 1 is 1.43 bits per heavy atom. The smallest absolute Gasteiger partial charge is 0.0694 e. The Kier molecular flexibility index (Phi) is 5.94. The molecule has 0 saturated carbocycles. The van der Waals surface area contributed by atoms with E-state index >= 15 is 0 Å². The van der Waals surface area contributed by atoms with Gasteiger partial charge in [0, 0.05) is 24.1 Å². The van der Waals surface area contributed by atoms with Crippen LogP contribution in [0.5, 0.6) is 0 Å². The molecule has 1 radical (unpaired) electrons. The average molecular weight is 222 g/mol. The van der Waals surface area contributed by atoms with Gasteiger partial charge in [-0.1, -0.05) is 36.4 Å². The van der Waals surface area contributed by atoms with Gasteiger partial charge in [0.05, 0.1) is 5.70 Å². The molecule has 0 spiro atoms. The van der Waals surface area contributed by atoms with E-state index in [2.05, 4.69) is 37.3 Å². The van der Waals surface area contributed by atoms with E-state index in [1.165, 1.54) is 5.56 Å². The molecule has 0 aliphatic carbocycles. The predicted molar refractivity (Wildman–Crippen MR) is 58.9 cm³/mol. The molecule has 0 N–H and O–H groups in total. The zero-order valence-corrected chi connectivity index (χ0v) is 9.67. The van der Waals surface area contributed by atoms with Crippen LogP contribution in [0, 0.1) is 6.92 Å². The Balaban J connectivity index is 0.00000169. The van der Waals surface area contributed by atoms with Crippen molar-refractivity contribution < 1.29 is 18.6 Å². The van der Waals surface area contributed by atoms with Gasteiger partial charge in [0.15, 0.2) is 0 Å². The molecular formula is C12H13NV. The summed E-state index contributed by atoms with van der Waals surface area (Å²) in [7, 11) is 0. The molecule has 0 amide bonds. The van der Waals surface area contributed by atoms with Gasteiger partial charge in [-0.15, -0.1) is 0 Å². The molecule has 0 fully saturated rings. The van der Waals surface area contributed by atoms with Crippen LogP contribution >= 0.6 is 0 Å². The summed E-state index contributed by atoms with van der Waals surface area (Å²) in [6.45, 7) is 9.21. The number of nitrogens with zero attached hydrogens (tertiary/aromatic N) is 1. The molecule has 14 heavy (non-hydrogen) atoms. The van der Waals surface area contributed by atoms with Crippen molar-refractivity contribution in [3.8, 4) is 0 Å². The van der Waals surface area contributed by atoms with Crippen molar-refractivity contribution in [1.82, 2.24) is 0 Å². The van der Waals surface area contributed by atoms with Crippen LogP contribution in [0.4, 0.5) is 0 Å². The van der Waals surface area contributed by atoms with E-state index in [4.69, 9.17) is 0 Å². The van der Waals surface area contributed by atoms with Gasteiger partial charge in [-0.05, 0) is 25.8 Å². The van der Waals surface area contributed by atoms with Crippen LogP contribution in [-0.4, -0.2) is 6.72 Å². The number of aryl methyl sites for hydroxylation is 1. The van der Waals surface area contributed by atoms with Crippen LogP contribution in [0.2, 0.25) is 0 Å². The summed E-state index contributed by atoms with van der Waals surface area (Å²) in [5, 5.41) is 0. The molecular weight excluding hydrogens is 209 g/mol. The van der Waals surface area contributed by atoms with Crippen LogP contribution in [0.1, 0.15) is 11.1 Å². The molecule has 0 unspecified atom stereocenters. The van der Waals surface area contributed by atoms with Crippen molar-refractivity contribution in [2.75, 3.05) is 0 Å². The van der Waals surface area contributed by atoms with Gasteiger partial charge in [-0.3, -0.25) is 4.99 Å². The van der Waals surface area contributed by atoms with Crippen LogP contribution in [0.15, 0.2) is 48.0 Å². The largest absolute Gasteiger partial charge is 0.264 e. The molecule has 71 valence electrons. The summed E-state index contributed by atoms with van der Waals surface area (Å²) in [6, 6.07) is 8.14. The van der Waals surface area contributed by atoms with Gasteiger partial charge < -0.3 is 0 Å². The molecule has 0 aliphatic heterocycles. The van der Waals surface area contributed by atoms with Crippen LogP contribution in [-0.2, 0) is 18.6 Å². The van der Waals surface area contributed by atoms with Crippen LogP contribution in [0.3, 0.4) is 0 Å². The van der Waals surface area contributed by atoms with Crippen molar-refractivity contribution in [3.05, 3.63) is 54.1 Å². The SMILES string of the molecule is C=C/C=C(\N=C)c1cccc(C)c1.[V]. The summed E-state index contributed by atoms with van der Waals surface area (Å²) in [6.07, 6.45) is 3.56. The van der Waals surface area contributed by atoms with E-state index in [1.54, 1.807) is 6.08 Å². The molecule has 0 aliphatic rings. The first-order valence-corrected chi connectivity index (χ1v) is 4.14. The Hall–Kier alpha value is -1.05. The third kappa shape index (κ3) is 3.37. The van der Waals surface area contributed by atoms with E-state index in [0.717, 1.165) is 11.3 Å². The number of hydrogen-bond acceptors (Lipinski definition) is 1. The maximum Gasteiger partial charge on any atom is 0.0694 e. The molecule has 0 saturated heterocycles. The molecule has 1 aromatic rings. The summed E-state index contributed by atoms with van der Waals surface area (Å²) in [4.78, 5) is 3.93. The minimum Gasteiger partial charge on any atom is -0.264 e. The number of hydrogen-bond donors (Lipinski definition) is 0. The van der Waals surface area contributed by atoms with E-state index in [1.807, 2.05) is 18.2 Å². The second kappa shape index (κ2) is 6.41. The Morgan fingerprint density at radius 3 is 2.64 bits per heavy atom. The van der Waals surface area contributed by atoms with Crippen molar-refractivity contribution >= 4 is 12.4 Å². The minimum absolute atomic E-state index is 0. The zero-order chi connectivity index (χ0) is 9.68. The van der Waals surface area contributed by atoms with E-state index in [9.17, 15) is 0 Å².